The molecule has 2 aliphatic carbocycles. The van der Waals surface area contributed by atoms with Gasteiger partial charge in [0.25, 0.3) is 0 Å². The Labute approximate surface area is 54.8 Å². The molecule has 0 saturated heterocycles. The van der Waals surface area contributed by atoms with Crippen LogP contribution in [0, 0.1) is 11.8 Å². The number of hydrogen-bond acceptors (Lipinski definition) is 0. The van der Waals surface area contributed by atoms with Crippen LogP contribution in [0.15, 0.2) is 12.2 Å². The summed E-state index contributed by atoms with van der Waals surface area (Å²) >= 11 is 0. The molecule has 2 bridgehead atoms. The summed E-state index contributed by atoms with van der Waals surface area (Å²) in [7, 11) is 0. The predicted molar refractivity (Wildman–Crippen MR) is 34.9 cm³/mol. The smallest absolute Gasteiger partial charge is 0.115 e. The van der Waals surface area contributed by atoms with E-state index in [4.69, 9.17) is 0 Å². The van der Waals surface area contributed by atoms with Crippen molar-refractivity contribution < 1.29 is 4.39 Å². The maximum Gasteiger partial charge on any atom is 0.115 e. The van der Waals surface area contributed by atoms with Crippen LogP contribution in [-0.4, -0.2) is 5.67 Å². The van der Waals surface area contributed by atoms with Crippen molar-refractivity contribution in [2.75, 3.05) is 0 Å². The van der Waals surface area contributed by atoms with Crippen LogP contribution in [-0.2, 0) is 0 Å². The standard InChI is InChI=1S/C8H11F/c1-8(9)5-6-2-3-7(8)4-6/h2-3,6-7H,4-5H2,1H3. The van der Waals surface area contributed by atoms with Gasteiger partial charge >= 0.3 is 0 Å². The zero-order valence-electron chi connectivity index (χ0n) is 5.60. The number of alkyl halides is 1. The van der Waals surface area contributed by atoms with Gasteiger partial charge in [0.2, 0.25) is 0 Å². The fourth-order valence-electron chi connectivity index (χ4n) is 2.04. The minimum atomic E-state index is -0.876. The molecule has 9 heavy (non-hydrogen) atoms. The van der Waals surface area contributed by atoms with Gasteiger partial charge < -0.3 is 0 Å². The van der Waals surface area contributed by atoms with Gasteiger partial charge in [-0.25, -0.2) is 4.39 Å². The SMILES string of the molecule is CC1(F)CC2C=CC1C2. The Morgan fingerprint density at radius 2 is 2.33 bits per heavy atom. The molecule has 2 rings (SSSR count). The molecule has 1 heteroatoms. The van der Waals surface area contributed by atoms with Crippen molar-refractivity contribution in [3.63, 3.8) is 0 Å². The van der Waals surface area contributed by atoms with Crippen LogP contribution in [0.4, 0.5) is 4.39 Å². The second-order valence-electron chi connectivity index (χ2n) is 3.47. The Balaban J connectivity index is 2.29. The summed E-state index contributed by atoms with van der Waals surface area (Å²) in [6.07, 6.45) is 6.02. The van der Waals surface area contributed by atoms with Crippen molar-refractivity contribution in [1.29, 1.82) is 0 Å². The second-order valence-corrected chi connectivity index (χ2v) is 3.47. The number of fused-ring (bicyclic) bond motifs is 2. The molecule has 1 fully saturated rings. The fourth-order valence-corrected chi connectivity index (χ4v) is 2.04. The minimum Gasteiger partial charge on any atom is -0.244 e. The second kappa shape index (κ2) is 1.39. The largest absolute Gasteiger partial charge is 0.244 e. The monoisotopic (exact) mass is 126 g/mol. The molecule has 0 heterocycles. The van der Waals surface area contributed by atoms with E-state index in [-0.39, 0.29) is 5.92 Å². The third kappa shape index (κ3) is 0.637. The number of hydrogen-bond donors (Lipinski definition) is 0. The molecule has 0 amide bonds. The first-order valence-electron chi connectivity index (χ1n) is 3.56. The first-order valence-corrected chi connectivity index (χ1v) is 3.56. The molecule has 3 atom stereocenters. The topological polar surface area (TPSA) is 0 Å². The number of rotatable bonds is 0. The fraction of sp³-hybridized carbons (Fsp3) is 0.750. The van der Waals surface area contributed by atoms with Crippen LogP contribution >= 0.6 is 0 Å². The third-order valence-electron chi connectivity index (χ3n) is 2.61. The summed E-state index contributed by atoms with van der Waals surface area (Å²) in [6.45, 7) is 1.72. The van der Waals surface area contributed by atoms with E-state index in [2.05, 4.69) is 6.08 Å². The first kappa shape index (κ1) is 5.45. The lowest BCUT2D eigenvalue weighted by Crippen LogP contribution is -2.22. The van der Waals surface area contributed by atoms with Crippen molar-refractivity contribution in [3.8, 4) is 0 Å². The van der Waals surface area contributed by atoms with Crippen molar-refractivity contribution in [2.24, 2.45) is 11.8 Å². The molecule has 50 valence electrons. The van der Waals surface area contributed by atoms with Gasteiger partial charge in [-0.15, -0.1) is 0 Å². The Morgan fingerprint density at radius 1 is 1.56 bits per heavy atom. The summed E-state index contributed by atoms with van der Waals surface area (Å²) in [5, 5.41) is 0. The number of halogens is 1. The van der Waals surface area contributed by atoms with Gasteiger partial charge in [0, 0.05) is 5.92 Å². The molecule has 0 aromatic heterocycles. The van der Waals surface area contributed by atoms with Crippen LogP contribution in [0.5, 0.6) is 0 Å². The molecule has 0 spiro atoms. The minimum absolute atomic E-state index is 0.238. The molecular weight excluding hydrogens is 115 g/mol. The lowest BCUT2D eigenvalue weighted by molar-refractivity contribution is 0.153. The van der Waals surface area contributed by atoms with Crippen LogP contribution in [0.3, 0.4) is 0 Å². The lowest BCUT2D eigenvalue weighted by atomic mass is 9.93. The lowest BCUT2D eigenvalue weighted by Gasteiger charge is -2.20. The molecule has 0 nitrogen and oxygen atoms in total. The van der Waals surface area contributed by atoms with Crippen LogP contribution in [0.1, 0.15) is 19.8 Å². The highest BCUT2D eigenvalue weighted by Gasteiger charge is 2.45. The highest BCUT2D eigenvalue weighted by molar-refractivity contribution is 5.15. The van der Waals surface area contributed by atoms with Crippen LogP contribution in [0.25, 0.3) is 0 Å². The average Bonchev–Trinajstić information content (AvgIpc) is 2.19. The summed E-state index contributed by atoms with van der Waals surface area (Å²) in [5.74, 6) is 0.799. The maximum atomic E-state index is 13.3. The summed E-state index contributed by atoms with van der Waals surface area (Å²) in [5.41, 5.74) is -0.876. The predicted octanol–water partition coefficient (Wildman–Crippen LogP) is 2.31. The van der Waals surface area contributed by atoms with Crippen LogP contribution in [0.2, 0.25) is 0 Å². The highest BCUT2D eigenvalue weighted by Crippen LogP contribution is 2.48. The van der Waals surface area contributed by atoms with E-state index in [0.717, 1.165) is 12.8 Å². The third-order valence-corrected chi connectivity index (χ3v) is 2.61. The molecule has 3 unspecified atom stereocenters. The first-order chi connectivity index (χ1) is 4.18. The van der Waals surface area contributed by atoms with Crippen molar-refractivity contribution in [1.82, 2.24) is 0 Å². The molecular formula is C8H11F. The van der Waals surface area contributed by atoms with E-state index in [1.54, 1.807) is 6.92 Å². The normalized spacial score (nSPS) is 54.9. The van der Waals surface area contributed by atoms with E-state index in [1.807, 2.05) is 6.08 Å². The van der Waals surface area contributed by atoms with Gasteiger partial charge in [-0.1, -0.05) is 12.2 Å². The molecule has 0 aromatic rings. The number of allylic oxidation sites excluding steroid dienone is 2. The molecule has 0 radical (unpaired) electrons. The van der Waals surface area contributed by atoms with Crippen molar-refractivity contribution in [3.05, 3.63) is 12.2 Å². The zero-order valence-corrected chi connectivity index (χ0v) is 5.60. The van der Waals surface area contributed by atoms with Gasteiger partial charge in [0.1, 0.15) is 5.67 Å². The van der Waals surface area contributed by atoms with Gasteiger partial charge in [-0.05, 0) is 25.7 Å². The van der Waals surface area contributed by atoms with E-state index >= 15 is 0 Å². The molecule has 1 saturated carbocycles. The van der Waals surface area contributed by atoms with Crippen LogP contribution < -0.4 is 0 Å². The molecule has 2 aliphatic rings. The molecule has 0 aromatic carbocycles. The van der Waals surface area contributed by atoms with E-state index in [9.17, 15) is 4.39 Å². The zero-order chi connectivity index (χ0) is 6.48. The van der Waals surface area contributed by atoms with E-state index < -0.39 is 5.67 Å². The molecule has 0 N–H and O–H groups in total. The van der Waals surface area contributed by atoms with Gasteiger partial charge in [0.15, 0.2) is 0 Å². The van der Waals surface area contributed by atoms with E-state index in [0.29, 0.717) is 5.92 Å². The summed E-state index contributed by atoms with van der Waals surface area (Å²) in [6, 6.07) is 0. The van der Waals surface area contributed by atoms with E-state index in [1.165, 1.54) is 0 Å². The quantitative estimate of drug-likeness (QED) is 0.437. The Morgan fingerprint density at radius 3 is 2.56 bits per heavy atom. The Kier molecular flexibility index (Phi) is 0.842. The maximum absolute atomic E-state index is 13.3. The summed E-state index contributed by atoms with van der Waals surface area (Å²) in [4.78, 5) is 0. The highest BCUT2D eigenvalue weighted by atomic mass is 19.1. The molecule has 0 aliphatic heterocycles. The van der Waals surface area contributed by atoms with Gasteiger partial charge in [-0.2, -0.15) is 0 Å². The Bertz CT molecular complexity index is 158. The van der Waals surface area contributed by atoms with Gasteiger partial charge in [-0.3, -0.25) is 0 Å². The average molecular weight is 126 g/mol. The van der Waals surface area contributed by atoms with Crippen molar-refractivity contribution in [2.45, 2.75) is 25.4 Å². The Hall–Kier alpha value is -0.330. The van der Waals surface area contributed by atoms with Gasteiger partial charge in [0.05, 0.1) is 0 Å². The van der Waals surface area contributed by atoms with Crippen molar-refractivity contribution >= 4 is 0 Å². The summed E-state index contributed by atoms with van der Waals surface area (Å²) < 4.78 is 13.3.